The standard InChI is InChI=1S/C22H25N5O2S/c1-16-17(2)25-22(19-6-5-11-23-15-19)26-21(16)24-14-18-7-9-20(10-8-18)30(28,29)27-12-3-4-13-27/h5-11,15H,3-4,12-14H2,1-2H3,(H,24,25,26). The maximum Gasteiger partial charge on any atom is 0.243 e. The lowest BCUT2D eigenvalue weighted by atomic mass is 10.2. The van der Waals surface area contributed by atoms with E-state index in [1.165, 1.54) is 0 Å². The molecule has 7 nitrogen and oxygen atoms in total. The molecule has 2 aromatic heterocycles. The van der Waals surface area contributed by atoms with Crippen LogP contribution in [0.3, 0.4) is 0 Å². The highest BCUT2D eigenvalue weighted by Gasteiger charge is 2.26. The number of benzene rings is 1. The molecular formula is C22H25N5O2S. The Labute approximate surface area is 177 Å². The molecule has 156 valence electrons. The zero-order chi connectivity index (χ0) is 21.1. The van der Waals surface area contributed by atoms with Gasteiger partial charge in [0.1, 0.15) is 5.82 Å². The molecule has 0 saturated carbocycles. The molecule has 3 heterocycles. The molecule has 1 aliphatic heterocycles. The number of anilines is 1. The van der Waals surface area contributed by atoms with Gasteiger partial charge in [-0.25, -0.2) is 18.4 Å². The Morgan fingerprint density at radius 1 is 1.03 bits per heavy atom. The summed E-state index contributed by atoms with van der Waals surface area (Å²) >= 11 is 0. The lowest BCUT2D eigenvalue weighted by Gasteiger charge is -2.16. The minimum Gasteiger partial charge on any atom is -0.366 e. The van der Waals surface area contributed by atoms with Crippen molar-refractivity contribution in [3.8, 4) is 11.4 Å². The number of hydrogen-bond acceptors (Lipinski definition) is 6. The van der Waals surface area contributed by atoms with Crippen molar-refractivity contribution in [1.82, 2.24) is 19.3 Å². The van der Waals surface area contributed by atoms with E-state index in [4.69, 9.17) is 0 Å². The Morgan fingerprint density at radius 3 is 2.43 bits per heavy atom. The number of rotatable bonds is 6. The Morgan fingerprint density at radius 2 is 1.77 bits per heavy atom. The fraction of sp³-hybridized carbons (Fsp3) is 0.318. The van der Waals surface area contributed by atoms with E-state index in [0.29, 0.717) is 30.4 Å². The molecule has 8 heteroatoms. The predicted molar refractivity (Wildman–Crippen MR) is 116 cm³/mol. The molecule has 1 fully saturated rings. The third kappa shape index (κ3) is 4.20. The summed E-state index contributed by atoms with van der Waals surface area (Å²) < 4.78 is 26.9. The second-order valence-corrected chi connectivity index (χ2v) is 9.39. The summed E-state index contributed by atoms with van der Waals surface area (Å²) in [6, 6.07) is 10.9. The van der Waals surface area contributed by atoms with Gasteiger partial charge in [-0.1, -0.05) is 12.1 Å². The van der Waals surface area contributed by atoms with Crippen LogP contribution in [0.4, 0.5) is 5.82 Å². The Hall–Kier alpha value is -2.84. The molecule has 1 saturated heterocycles. The van der Waals surface area contributed by atoms with E-state index >= 15 is 0 Å². The number of aryl methyl sites for hydroxylation is 1. The largest absolute Gasteiger partial charge is 0.366 e. The number of nitrogens with one attached hydrogen (secondary N) is 1. The topological polar surface area (TPSA) is 88.1 Å². The monoisotopic (exact) mass is 423 g/mol. The molecule has 0 atom stereocenters. The zero-order valence-corrected chi connectivity index (χ0v) is 18.0. The first-order valence-electron chi connectivity index (χ1n) is 10.0. The minimum atomic E-state index is -3.38. The molecule has 0 aliphatic carbocycles. The number of pyridine rings is 1. The van der Waals surface area contributed by atoms with Crippen molar-refractivity contribution in [3.05, 3.63) is 65.6 Å². The van der Waals surface area contributed by atoms with Gasteiger partial charge in [-0.15, -0.1) is 0 Å². The summed E-state index contributed by atoms with van der Waals surface area (Å²) in [4.78, 5) is 13.7. The minimum absolute atomic E-state index is 0.348. The van der Waals surface area contributed by atoms with Gasteiger partial charge < -0.3 is 5.32 Å². The Balaban J connectivity index is 1.50. The zero-order valence-electron chi connectivity index (χ0n) is 17.2. The number of aromatic nitrogens is 3. The molecule has 30 heavy (non-hydrogen) atoms. The van der Waals surface area contributed by atoms with Gasteiger partial charge in [-0.05, 0) is 56.5 Å². The van der Waals surface area contributed by atoms with Crippen molar-refractivity contribution in [2.75, 3.05) is 18.4 Å². The average Bonchev–Trinajstić information content (AvgIpc) is 3.31. The SMILES string of the molecule is Cc1nc(-c2cccnc2)nc(NCc2ccc(S(=O)(=O)N3CCCC3)cc2)c1C. The van der Waals surface area contributed by atoms with Gasteiger partial charge in [0.25, 0.3) is 0 Å². The van der Waals surface area contributed by atoms with Gasteiger partial charge in [-0.2, -0.15) is 4.31 Å². The van der Waals surface area contributed by atoms with E-state index in [2.05, 4.69) is 20.3 Å². The molecule has 4 rings (SSSR count). The number of hydrogen-bond donors (Lipinski definition) is 1. The van der Waals surface area contributed by atoms with E-state index in [0.717, 1.165) is 41.0 Å². The van der Waals surface area contributed by atoms with Crippen LogP contribution >= 0.6 is 0 Å². The average molecular weight is 424 g/mol. The maximum absolute atomic E-state index is 12.7. The molecule has 0 bridgehead atoms. The molecule has 3 aromatic rings. The van der Waals surface area contributed by atoms with Crippen molar-refractivity contribution in [3.63, 3.8) is 0 Å². The predicted octanol–water partition coefficient (Wildman–Crippen LogP) is 3.55. The van der Waals surface area contributed by atoms with Gasteiger partial charge in [-0.3, -0.25) is 4.98 Å². The highest BCUT2D eigenvalue weighted by molar-refractivity contribution is 7.89. The molecular weight excluding hydrogens is 398 g/mol. The summed E-state index contributed by atoms with van der Waals surface area (Å²) in [6.45, 7) is 5.69. The van der Waals surface area contributed by atoms with Gasteiger partial charge in [0.2, 0.25) is 10.0 Å². The molecule has 1 aromatic carbocycles. The van der Waals surface area contributed by atoms with Crippen LogP contribution < -0.4 is 5.32 Å². The lowest BCUT2D eigenvalue weighted by molar-refractivity contribution is 0.477. The van der Waals surface area contributed by atoms with Crippen molar-refractivity contribution < 1.29 is 8.42 Å². The van der Waals surface area contributed by atoms with E-state index in [-0.39, 0.29) is 0 Å². The third-order valence-electron chi connectivity index (χ3n) is 5.40. The molecule has 1 N–H and O–H groups in total. The van der Waals surface area contributed by atoms with Gasteiger partial charge in [0.15, 0.2) is 5.82 Å². The maximum atomic E-state index is 12.7. The van der Waals surface area contributed by atoms with E-state index in [9.17, 15) is 8.42 Å². The Bertz CT molecular complexity index is 1130. The quantitative estimate of drug-likeness (QED) is 0.652. The van der Waals surface area contributed by atoms with Gasteiger partial charge >= 0.3 is 0 Å². The first kappa shape index (κ1) is 20.4. The lowest BCUT2D eigenvalue weighted by Crippen LogP contribution is -2.27. The highest BCUT2D eigenvalue weighted by Crippen LogP contribution is 2.23. The van der Waals surface area contributed by atoms with Crippen LogP contribution in [0.2, 0.25) is 0 Å². The second-order valence-electron chi connectivity index (χ2n) is 7.46. The summed E-state index contributed by atoms with van der Waals surface area (Å²) in [7, 11) is -3.38. The smallest absolute Gasteiger partial charge is 0.243 e. The van der Waals surface area contributed by atoms with Crippen molar-refractivity contribution in [2.45, 2.75) is 38.1 Å². The third-order valence-corrected chi connectivity index (χ3v) is 7.31. The van der Waals surface area contributed by atoms with Crippen LogP contribution in [0, 0.1) is 13.8 Å². The molecule has 1 aliphatic rings. The van der Waals surface area contributed by atoms with E-state index in [1.54, 1.807) is 28.8 Å². The van der Waals surface area contributed by atoms with Crippen molar-refractivity contribution >= 4 is 15.8 Å². The fourth-order valence-electron chi connectivity index (χ4n) is 3.47. The van der Waals surface area contributed by atoms with Crippen molar-refractivity contribution in [2.24, 2.45) is 0 Å². The fourth-order valence-corrected chi connectivity index (χ4v) is 4.98. The molecule has 0 unspecified atom stereocenters. The second kappa shape index (κ2) is 8.49. The highest BCUT2D eigenvalue weighted by atomic mass is 32.2. The normalized spacial score (nSPS) is 14.7. The van der Waals surface area contributed by atoms with Crippen LogP contribution in [0.25, 0.3) is 11.4 Å². The molecule has 0 spiro atoms. The van der Waals surface area contributed by atoms with Gasteiger partial charge in [0, 0.05) is 48.8 Å². The van der Waals surface area contributed by atoms with E-state index < -0.39 is 10.0 Å². The summed E-state index contributed by atoms with van der Waals surface area (Å²) in [5.74, 6) is 1.39. The van der Waals surface area contributed by atoms with Crippen LogP contribution in [-0.4, -0.2) is 40.8 Å². The van der Waals surface area contributed by atoms with Crippen molar-refractivity contribution in [1.29, 1.82) is 0 Å². The summed E-state index contributed by atoms with van der Waals surface area (Å²) in [5.41, 5.74) is 3.73. The number of sulfonamides is 1. The number of nitrogens with zero attached hydrogens (tertiary/aromatic N) is 4. The van der Waals surface area contributed by atoms with Crippen LogP contribution in [0.15, 0.2) is 53.7 Å². The van der Waals surface area contributed by atoms with Crippen LogP contribution in [-0.2, 0) is 16.6 Å². The molecule has 0 amide bonds. The summed E-state index contributed by atoms with van der Waals surface area (Å²) in [5, 5.41) is 3.36. The Kier molecular flexibility index (Phi) is 5.78. The van der Waals surface area contributed by atoms with Crippen LogP contribution in [0.1, 0.15) is 29.7 Å². The first-order valence-corrected chi connectivity index (χ1v) is 11.5. The first-order chi connectivity index (χ1) is 14.4. The molecule has 0 radical (unpaired) electrons. The van der Waals surface area contributed by atoms with E-state index in [1.807, 2.05) is 38.1 Å². The van der Waals surface area contributed by atoms with Crippen LogP contribution in [0.5, 0.6) is 0 Å². The van der Waals surface area contributed by atoms with Gasteiger partial charge in [0.05, 0.1) is 4.90 Å². The summed E-state index contributed by atoms with van der Waals surface area (Å²) in [6.07, 6.45) is 5.32.